The summed E-state index contributed by atoms with van der Waals surface area (Å²) in [4.78, 5) is 38.2. The summed E-state index contributed by atoms with van der Waals surface area (Å²) in [6.45, 7) is 2.64. The van der Waals surface area contributed by atoms with Gasteiger partial charge in [0.2, 0.25) is 17.7 Å². The lowest BCUT2D eigenvalue weighted by Gasteiger charge is -2.34. The SMILES string of the molecule is CC(=O)N[C@H]1CC[C@](CNC(=O)CN2CCCCCC2=O)(c2ccccc2)CC[C@@H]1O. The average molecular weight is 430 g/mol. The number of hydrogen-bond donors (Lipinski definition) is 3. The molecular weight excluding hydrogens is 394 g/mol. The van der Waals surface area contributed by atoms with Crippen LogP contribution in [0.4, 0.5) is 0 Å². The van der Waals surface area contributed by atoms with Gasteiger partial charge >= 0.3 is 0 Å². The molecule has 1 saturated heterocycles. The maximum atomic E-state index is 12.7. The molecule has 1 aliphatic carbocycles. The molecule has 2 fully saturated rings. The Hall–Kier alpha value is -2.41. The van der Waals surface area contributed by atoms with Gasteiger partial charge in [0.25, 0.3) is 0 Å². The number of nitrogens with one attached hydrogen (secondary N) is 2. The van der Waals surface area contributed by atoms with E-state index in [2.05, 4.69) is 22.8 Å². The molecular formula is C24H35N3O4. The number of likely N-dealkylation sites (tertiary alicyclic amines) is 1. The Labute approximate surface area is 184 Å². The quantitative estimate of drug-likeness (QED) is 0.602. The van der Waals surface area contributed by atoms with E-state index in [1.54, 1.807) is 4.90 Å². The number of aliphatic hydroxyl groups is 1. The van der Waals surface area contributed by atoms with Crippen molar-refractivity contribution in [2.75, 3.05) is 19.6 Å². The van der Waals surface area contributed by atoms with Crippen molar-refractivity contribution < 1.29 is 19.5 Å². The molecule has 0 radical (unpaired) electrons. The fraction of sp³-hybridized carbons (Fsp3) is 0.625. The van der Waals surface area contributed by atoms with Gasteiger partial charge in [0, 0.05) is 31.8 Å². The number of rotatable bonds is 6. The minimum Gasteiger partial charge on any atom is -0.391 e. The van der Waals surface area contributed by atoms with Crippen molar-refractivity contribution in [1.82, 2.24) is 15.5 Å². The zero-order valence-electron chi connectivity index (χ0n) is 18.4. The molecule has 0 unspecified atom stereocenters. The van der Waals surface area contributed by atoms with Gasteiger partial charge in [-0.1, -0.05) is 36.8 Å². The predicted octanol–water partition coefficient (Wildman–Crippen LogP) is 1.88. The molecule has 2 aliphatic rings. The highest BCUT2D eigenvalue weighted by molar-refractivity contribution is 5.85. The fourth-order valence-electron chi connectivity index (χ4n) is 4.87. The summed E-state index contributed by atoms with van der Waals surface area (Å²) in [5, 5.41) is 16.5. The Morgan fingerprint density at radius 1 is 1.13 bits per heavy atom. The number of hydrogen-bond acceptors (Lipinski definition) is 4. The van der Waals surface area contributed by atoms with Gasteiger partial charge in [0.1, 0.15) is 0 Å². The van der Waals surface area contributed by atoms with Crippen LogP contribution in [0.3, 0.4) is 0 Å². The lowest BCUT2D eigenvalue weighted by atomic mass is 9.74. The Balaban J connectivity index is 1.70. The number of nitrogens with zero attached hydrogens (tertiary/aromatic N) is 1. The second-order valence-corrected chi connectivity index (χ2v) is 9.00. The molecule has 1 heterocycles. The van der Waals surface area contributed by atoms with Crippen LogP contribution in [0.15, 0.2) is 30.3 Å². The summed E-state index contributed by atoms with van der Waals surface area (Å²) in [6, 6.07) is 9.79. The number of carbonyl (C=O) groups excluding carboxylic acids is 3. The molecule has 7 heteroatoms. The summed E-state index contributed by atoms with van der Waals surface area (Å²) < 4.78 is 0. The molecule has 170 valence electrons. The summed E-state index contributed by atoms with van der Waals surface area (Å²) in [5.41, 5.74) is 0.797. The monoisotopic (exact) mass is 429 g/mol. The van der Waals surface area contributed by atoms with Crippen LogP contribution in [0.25, 0.3) is 0 Å². The van der Waals surface area contributed by atoms with E-state index in [1.807, 2.05) is 18.2 Å². The van der Waals surface area contributed by atoms with E-state index in [0.717, 1.165) is 31.2 Å². The van der Waals surface area contributed by atoms with Crippen LogP contribution in [0.2, 0.25) is 0 Å². The molecule has 0 bridgehead atoms. The third-order valence-electron chi connectivity index (χ3n) is 6.72. The number of aliphatic hydroxyl groups excluding tert-OH is 1. The summed E-state index contributed by atoms with van der Waals surface area (Å²) in [5.74, 6) is -0.235. The van der Waals surface area contributed by atoms with E-state index >= 15 is 0 Å². The Morgan fingerprint density at radius 3 is 2.61 bits per heavy atom. The van der Waals surface area contributed by atoms with Gasteiger partial charge in [-0.3, -0.25) is 14.4 Å². The van der Waals surface area contributed by atoms with Gasteiger partial charge in [-0.05, 0) is 44.1 Å². The summed E-state index contributed by atoms with van der Waals surface area (Å²) >= 11 is 0. The molecule has 1 aromatic carbocycles. The molecule has 7 nitrogen and oxygen atoms in total. The second kappa shape index (κ2) is 10.8. The molecule has 1 aromatic rings. The largest absolute Gasteiger partial charge is 0.391 e. The predicted molar refractivity (Wildman–Crippen MR) is 118 cm³/mol. The molecule has 0 aromatic heterocycles. The van der Waals surface area contributed by atoms with Gasteiger partial charge < -0.3 is 20.6 Å². The maximum absolute atomic E-state index is 12.7. The highest BCUT2D eigenvalue weighted by Gasteiger charge is 2.38. The van der Waals surface area contributed by atoms with Crippen molar-refractivity contribution in [3.63, 3.8) is 0 Å². The van der Waals surface area contributed by atoms with Crippen LogP contribution in [-0.2, 0) is 19.8 Å². The lowest BCUT2D eigenvalue weighted by Crippen LogP contribution is -2.46. The van der Waals surface area contributed by atoms with E-state index in [4.69, 9.17) is 0 Å². The molecule has 31 heavy (non-hydrogen) atoms. The first-order chi connectivity index (χ1) is 14.9. The number of benzene rings is 1. The second-order valence-electron chi connectivity index (χ2n) is 9.00. The zero-order valence-corrected chi connectivity index (χ0v) is 18.4. The Bertz CT molecular complexity index is 769. The van der Waals surface area contributed by atoms with E-state index in [-0.39, 0.29) is 35.7 Å². The highest BCUT2D eigenvalue weighted by atomic mass is 16.3. The van der Waals surface area contributed by atoms with Crippen molar-refractivity contribution in [2.45, 2.75) is 75.9 Å². The number of carbonyl (C=O) groups is 3. The molecule has 0 spiro atoms. The van der Waals surface area contributed by atoms with Crippen LogP contribution in [-0.4, -0.2) is 59.5 Å². The van der Waals surface area contributed by atoms with Crippen molar-refractivity contribution in [3.8, 4) is 0 Å². The van der Waals surface area contributed by atoms with E-state index in [1.165, 1.54) is 6.92 Å². The van der Waals surface area contributed by atoms with Crippen LogP contribution >= 0.6 is 0 Å². The van der Waals surface area contributed by atoms with E-state index in [0.29, 0.717) is 38.8 Å². The van der Waals surface area contributed by atoms with E-state index in [9.17, 15) is 19.5 Å². The third kappa shape index (κ3) is 6.29. The van der Waals surface area contributed by atoms with Gasteiger partial charge in [0.05, 0.1) is 18.7 Å². The smallest absolute Gasteiger partial charge is 0.239 e. The minimum atomic E-state index is -0.611. The van der Waals surface area contributed by atoms with Gasteiger partial charge in [-0.2, -0.15) is 0 Å². The van der Waals surface area contributed by atoms with Gasteiger partial charge in [-0.25, -0.2) is 0 Å². The molecule has 3 amide bonds. The highest BCUT2D eigenvalue weighted by Crippen LogP contribution is 2.38. The molecule has 3 atom stereocenters. The van der Waals surface area contributed by atoms with Crippen molar-refractivity contribution in [2.24, 2.45) is 0 Å². The van der Waals surface area contributed by atoms with Crippen molar-refractivity contribution in [3.05, 3.63) is 35.9 Å². The van der Waals surface area contributed by atoms with Crippen LogP contribution in [0, 0.1) is 0 Å². The van der Waals surface area contributed by atoms with Crippen LogP contribution in [0.5, 0.6) is 0 Å². The van der Waals surface area contributed by atoms with E-state index < -0.39 is 6.10 Å². The number of amides is 3. The maximum Gasteiger partial charge on any atom is 0.239 e. The Morgan fingerprint density at radius 2 is 1.87 bits per heavy atom. The average Bonchev–Trinajstić information content (AvgIpc) is 3.05. The normalized spacial score (nSPS) is 27.2. The van der Waals surface area contributed by atoms with Gasteiger partial charge in [-0.15, -0.1) is 0 Å². The third-order valence-corrected chi connectivity index (χ3v) is 6.72. The first kappa shape index (κ1) is 23.3. The standard InChI is InChI=1S/C24H35N3O4/c1-18(28)26-20-11-13-24(14-12-21(20)29,19-8-4-2-5-9-19)17-25-22(30)16-27-15-7-3-6-10-23(27)31/h2,4-5,8-9,20-21,29H,3,6-7,10-17H2,1H3,(H,25,30)(H,26,28)/t20-,21-,24-/m0/s1. The summed E-state index contributed by atoms with van der Waals surface area (Å²) in [7, 11) is 0. The molecule has 3 rings (SSSR count). The first-order valence-electron chi connectivity index (χ1n) is 11.4. The fourth-order valence-corrected chi connectivity index (χ4v) is 4.87. The van der Waals surface area contributed by atoms with Crippen molar-refractivity contribution >= 4 is 17.7 Å². The minimum absolute atomic E-state index is 0.0566. The Kier molecular flexibility index (Phi) is 8.07. The topological polar surface area (TPSA) is 98.7 Å². The molecule has 1 aliphatic heterocycles. The zero-order chi connectivity index (χ0) is 22.3. The molecule has 1 saturated carbocycles. The van der Waals surface area contributed by atoms with Crippen molar-refractivity contribution in [1.29, 1.82) is 0 Å². The van der Waals surface area contributed by atoms with Crippen LogP contribution in [0.1, 0.15) is 63.9 Å². The van der Waals surface area contributed by atoms with Gasteiger partial charge in [0.15, 0.2) is 0 Å². The van der Waals surface area contributed by atoms with Crippen LogP contribution < -0.4 is 10.6 Å². The first-order valence-corrected chi connectivity index (χ1v) is 11.4. The summed E-state index contributed by atoms with van der Waals surface area (Å²) in [6.07, 6.45) is 5.39. The molecule has 3 N–H and O–H groups in total. The lowest BCUT2D eigenvalue weighted by molar-refractivity contribution is -0.135.